The van der Waals surface area contributed by atoms with Crippen LogP contribution in [0.2, 0.25) is 0 Å². The summed E-state index contributed by atoms with van der Waals surface area (Å²) in [5, 5.41) is 11.9. The number of nitriles is 1. The zero-order valence-electron chi connectivity index (χ0n) is 14.7. The molecule has 1 fully saturated rings. The molecule has 0 radical (unpaired) electrons. The van der Waals surface area contributed by atoms with Crippen LogP contribution in [0.3, 0.4) is 0 Å². The van der Waals surface area contributed by atoms with Crippen molar-refractivity contribution in [2.45, 2.75) is 32.1 Å². The molecule has 1 aromatic carbocycles. The quantitative estimate of drug-likeness (QED) is 0.857. The molecule has 1 aliphatic heterocycles. The third-order valence-corrected chi connectivity index (χ3v) is 5.04. The van der Waals surface area contributed by atoms with Crippen molar-refractivity contribution in [1.82, 2.24) is 10.2 Å². The molecule has 5 heteroatoms. The second-order valence-corrected chi connectivity index (χ2v) is 6.72. The number of allylic oxidation sites excluding steroid dienone is 1. The third kappa shape index (κ3) is 4.76. The first-order valence-electron chi connectivity index (χ1n) is 9.22. The summed E-state index contributed by atoms with van der Waals surface area (Å²) in [5.41, 5.74) is 3.29. The minimum atomic E-state index is 0.0517. The summed E-state index contributed by atoms with van der Waals surface area (Å²) in [5.74, 6) is 0. The van der Waals surface area contributed by atoms with E-state index in [0.29, 0.717) is 5.56 Å². The van der Waals surface area contributed by atoms with Crippen LogP contribution in [0.5, 0.6) is 0 Å². The van der Waals surface area contributed by atoms with Gasteiger partial charge in [-0.25, -0.2) is 4.79 Å². The number of anilines is 1. The second kappa shape index (κ2) is 8.57. The molecule has 0 saturated carbocycles. The van der Waals surface area contributed by atoms with Gasteiger partial charge in [-0.3, -0.25) is 0 Å². The molecule has 0 unspecified atom stereocenters. The van der Waals surface area contributed by atoms with Gasteiger partial charge in [0, 0.05) is 38.4 Å². The van der Waals surface area contributed by atoms with E-state index in [1.54, 1.807) is 0 Å². The lowest BCUT2D eigenvalue weighted by Crippen LogP contribution is -2.52. The topological polar surface area (TPSA) is 59.4 Å². The Bertz CT molecular complexity index is 651. The number of hydrogen-bond donors (Lipinski definition) is 1. The van der Waals surface area contributed by atoms with E-state index in [4.69, 9.17) is 5.26 Å². The molecular formula is C20H26N4O. The largest absolute Gasteiger partial charge is 0.368 e. The number of piperazine rings is 1. The van der Waals surface area contributed by atoms with Crippen LogP contribution in [0.4, 0.5) is 10.5 Å². The Labute approximate surface area is 149 Å². The van der Waals surface area contributed by atoms with Crippen molar-refractivity contribution >= 4 is 11.7 Å². The summed E-state index contributed by atoms with van der Waals surface area (Å²) >= 11 is 0. The zero-order valence-corrected chi connectivity index (χ0v) is 14.7. The Balaban J connectivity index is 1.41. The molecule has 3 rings (SSSR count). The average Bonchev–Trinajstić information content (AvgIpc) is 2.69. The minimum Gasteiger partial charge on any atom is -0.368 e. The second-order valence-electron chi connectivity index (χ2n) is 6.72. The molecule has 5 nitrogen and oxygen atoms in total. The van der Waals surface area contributed by atoms with Gasteiger partial charge in [0.1, 0.15) is 0 Å². The SMILES string of the molecule is N#Cc1ccc(N2CCN(C(=O)NCCC3=CCCCC3)CC2)cc1. The van der Waals surface area contributed by atoms with Gasteiger partial charge >= 0.3 is 6.03 Å². The number of carbonyl (C=O) groups is 1. The molecule has 25 heavy (non-hydrogen) atoms. The number of carbonyl (C=O) groups excluding carboxylic acids is 1. The number of urea groups is 1. The van der Waals surface area contributed by atoms with Crippen LogP contribution in [-0.2, 0) is 0 Å². The molecular weight excluding hydrogens is 312 g/mol. The van der Waals surface area contributed by atoms with Crippen LogP contribution in [0.15, 0.2) is 35.9 Å². The van der Waals surface area contributed by atoms with Crippen LogP contribution in [0.1, 0.15) is 37.7 Å². The lowest BCUT2D eigenvalue weighted by molar-refractivity contribution is 0.194. The van der Waals surface area contributed by atoms with Crippen molar-refractivity contribution in [3.63, 3.8) is 0 Å². The van der Waals surface area contributed by atoms with E-state index in [2.05, 4.69) is 22.4 Å². The van der Waals surface area contributed by atoms with E-state index in [0.717, 1.165) is 44.8 Å². The molecule has 0 aromatic heterocycles. The fourth-order valence-electron chi connectivity index (χ4n) is 3.49. The number of nitrogens with one attached hydrogen (secondary N) is 1. The summed E-state index contributed by atoms with van der Waals surface area (Å²) in [7, 11) is 0. The van der Waals surface area contributed by atoms with Crippen molar-refractivity contribution in [1.29, 1.82) is 5.26 Å². The summed E-state index contributed by atoms with van der Waals surface area (Å²) in [6.07, 6.45) is 8.30. The molecule has 2 amide bonds. The molecule has 0 bridgehead atoms. The van der Waals surface area contributed by atoms with Gasteiger partial charge in [-0.2, -0.15) is 5.26 Å². The Hall–Kier alpha value is -2.48. The number of amides is 2. The number of nitrogens with zero attached hydrogens (tertiary/aromatic N) is 3. The van der Waals surface area contributed by atoms with Gasteiger partial charge in [0.25, 0.3) is 0 Å². The Morgan fingerprint density at radius 3 is 2.52 bits per heavy atom. The summed E-state index contributed by atoms with van der Waals surface area (Å²) < 4.78 is 0. The van der Waals surface area contributed by atoms with Gasteiger partial charge in [0.05, 0.1) is 11.6 Å². The standard InChI is InChI=1S/C20H26N4O/c21-16-18-6-8-19(9-7-18)23-12-14-24(15-13-23)20(25)22-11-10-17-4-2-1-3-5-17/h4,6-9H,1-3,5,10-15H2,(H,22,25). The van der Waals surface area contributed by atoms with Gasteiger partial charge in [0.2, 0.25) is 0 Å². The molecule has 2 aliphatic rings. The van der Waals surface area contributed by atoms with E-state index in [-0.39, 0.29) is 6.03 Å². The van der Waals surface area contributed by atoms with Gasteiger partial charge < -0.3 is 15.1 Å². The molecule has 1 aromatic rings. The maximum Gasteiger partial charge on any atom is 0.317 e. The molecule has 0 spiro atoms. The van der Waals surface area contributed by atoms with E-state index in [1.807, 2.05) is 29.2 Å². The molecule has 0 atom stereocenters. The van der Waals surface area contributed by atoms with Crippen molar-refractivity contribution < 1.29 is 4.79 Å². The molecule has 1 saturated heterocycles. The summed E-state index contributed by atoms with van der Waals surface area (Å²) in [6, 6.07) is 9.83. The van der Waals surface area contributed by atoms with Gasteiger partial charge in [-0.1, -0.05) is 11.6 Å². The Morgan fingerprint density at radius 1 is 1.12 bits per heavy atom. The fraction of sp³-hybridized carbons (Fsp3) is 0.500. The molecule has 1 aliphatic carbocycles. The van der Waals surface area contributed by atoms with Crippen molar-refractivity contribution in [3.05, 3.63) is 41.5 Å². The zero-order chi connectivity index (χ0) is 17.5. The first-order valence-corrected chi connectivity index (χ1v) is 9.22. The van der Waals surface area contributed by atoms with Gasteiger partial charge in [-0.15, -0.1) is 0 Å². The lowest BCUT2D eigenvalue weighted by Gasteiger charge is -2.36. The van der Waals surface area contributed by atoms with E-state index in [9.17, 15) is 4.79 Å². The smallest absolute Gasteiger partial charge is 0.317 e. The van der Waals surface area contributed by atoms with Crippen LogP contribution in [0, 0.1) is 11.3 Å². The van der Waals surface area contributed by atoms with Crippen molar-refractivity contribution in [2.24, 2.45) is 0 Å². The number of hydrogen-bond acceptors (Lipinski definition) is 3. The molecule has 132 valence electrons. The van der Waals surface area contributed by atoms with E-state index < -0.39 is 0 Å². The Morgan fingerprint density at radius 2 is 1.88 bits per heavy atom. The predicted octanol–water partition coefficient (Wildman–Crippen LogP) is 3.28. The van der Waals surface area contributed by atoms with Gasteiger partial charge in [-0.05, 0) is 56.4 Å². The highest BCUT2D eigenvalue weighted by atomic mass is 16.2. The highest BCUT2D eigenvalue weighted by Crippen LogP contribution is 2.20. The van der Waals surface area contributed by atoms with Crippen molar-refractivity contribution in [3.8, 4) is 6.07 Å². The van der Waals surface area contributed by atoms with Gasteiger partial charge in [0.15, 0.2) is 0 Å². The minimum absolute atomic E-state index is 0.0517. The van der Waals surface area contributed by atoms with Crippen molar-refractivity contribution in [2.75, 3.05) is 37.6 Å². The highest BCUT2D eigenvalue weighted by Gasteiger charge is 2.21. The molecule has 1 N–H and O–H groups in total. The number of benzene rings is 1. The fourth-order valence-corrected chi connectivity index (χ4v) is 3.49. The predicted molar refractivity (Wildman–Crippen MR) is 99.5 cm³/mol. The maximum atomic E-state index is 12.3. The van der Waals surface area contributed by atoms with Crippen LogP contribution in [0.25, 0.3) is 0 Å². The van der Waals surface area contributed by atoms with Crippen LogP contribution < -0.4 is 10.2 Å². The van der Waals surface area contributed by atoms with Crippen LogP contribution in [-0.4, -0.2) is 43.7 Å². The maximum absolute atomic E-state index is 12.3. The third-order valence-electron chi connectivity index (χ3n) is 5.04. The van der Waals surface area contributed by atoms with Crippen LogP contribution >= 0.6 is 0 Å². The summed E-state index contributed by atoms with van der Waals surface area (Å²) in [6.45, 7) is 3.85. The molecule has 1 heterocycles. The normalized spacial score (nSPS) is 17.6. The highest BCUT2D eigenvalue weighted by molar-refractivity contribution is 5.74. The van der Waals surface area contributed by atoms with E-state index >= 15 is 0 Å². The first-order chi connectivity index (χ1) is 12.3. The lowest BCUT2D eigenvalue weighted by atomic mass is 9.97. The first kappa shape index (κ1) is 17.3. The van der Waals surface area contributed by atoms with E-state index in [1.165, 1.54) is 31.3 Å². The average molecular weight is 338 g/mol. The summed E-state index contributed by atoms with van der Waals surface area (Å²) in [4.78, 5) is 16.5. The Kier molecular flexibility index (Phi) is 5.95. The number of rotatable bonds is 4. The monoisotopic (exact) mass is 338 g/mol.